The van der Waals surface area contributed by atoms with Crippen molar-refractivity contribution in [3.63, 3.8) is 0 Å². The van der Waals surface area contributed by atoms with E-state index < -0.39 is 29.7 Å². The second-order valence-corrected chi connectivity index (χ2v) is 14.3. The van der Waals surface area contributed by atoms with Crippen molar-refractivity contribution in [2.45, 2.75) is 63.5 Å². The maximum atomic E-state index is 13.1. The van der Waals surface area contributed by atoms with E-state index in [2.05, 4.69) is 33.0 Å². The number of benzene rings is 2. The molecule has 51 heavy (non-hydrogen) atoms. The topological polar surface area (TPSA) is 170 Å². The zero-order chi connectivity index (χ0) is 35.1. The fourth-order valence-electron chi connectivity index (χ4n) is 7.54. The third-order valence-electron chi connectivity index (χ3n) is 10.7. The number of imide groups is 2. The number of anilines is 2. The summed E-state index contributed by atoms with van der Waals surface area (Å²) in [7, 11) is 0. The van der Waals surface area contributed by atoms with Crippen LogP contribution >= 0.6 is 0 Å². The molecular formula is C38H42N8O5. The molecule has 8 rings (SSSR count). The number of nitrogens with one attached hydrogen (secondary N) is 4. The first-order chi connectivity index (χ1) is 24.8. The fourth-order valence-corrected chi connectivity index (χ4v) is 7.54. The molecular weight excluding hydrogens is 648 g/mol. The summed E-state index contributed by atoms with van der Waals surface area (Å²) in [4.78, 5) is 63.0. The molecule has 1 aromatic heterocycles. The Morgan fingerprint density at radius 3 is 2.57 bits per heavy atom. The number of ether oxygens (including phenoxy) is 1. The average molecular weight is 691 g/mol. The van der Waals surface area contributed by atoms with Gasteiger partial charge in [0.15, 0.2) is 0 Å². The van der Waals surface area contributed by atoms with Crippen molar-refractivity contribution in [1.82, 2.24) is 25.5 Å². The minimum absolute atomic E-state index is 0.0921. The molecule has 4 heterocycles. The molecule has 0 bridgehead atoms. The number of morpholine rings is 1. The Labute approximate surface area is 295 Å². The Bertz CT molecular complexity index is 1950. The number of nitrogens with zero attached hydrogens (tertiary/aromatic N) is 4. The van der Waals surface area contributed by atoms with Crippen LogP contribution in [0.25, 0.3) is 16.6 Å². The number of carbonyl (C=O) groups excluding carboxylic acids is 4. The molecule has 4 amide bonds. The van der Waals surface area contributed by atoms with Gasteiger partial charge in [-0.05, 0) is 87.3 Å². The van der Waals surface area contributed by atoms with Gasteiger partial charge in [0.1, 0.15) is 6.04 Å². The number of allylic oxidation sites excluding steroid dienone is 1. The Morgan fingerprint density at radius 2 is 1.78 bits per heavy atom. The lowest BCUT2D eigenvalue weighted by molar-refractivity contribution is -0.136. The number of piperidine rings is 1. The maximum Gasteiger partial charge on any atom is 0.262 e. The Hall–Kier alpha value is -5.17. The van der Waals surface area contributed by atoms with Gasteiger partial charge in [-0.1, -0.05) is 0 Å². The largest absolute Gasteiger partial charge is 0.388 e. The molecule has 2 aliphatic carbocycles. The maximum absolute atomic E-state index is 13.1. The smallest absolute Gasteiger partial charge is 0.262 e. The van der Waals surface area contributed by atoms with Crippen LogP contribution in [0, 0.1) is 17.2 Å². The summed E-state index contributed by atoms with van der Waals surface area (Å²) in [6.45, 7) is 3.88. The van der Waals surface area contributed by atoms with Gasteiger partial charge >= 0.3 is 0 Å². The summed E-state index contributed by atoms with van der Waals surface area (Å²) < 4.78 is 5.52. The van der Waals surface area contributed by atoms with Gasteiger partial charge in [-0.2, -0.15) is 0 Å². The van der Waals surface area contributed by atoms with E-state index in [4.69, 9.17) is 20.1 Å². The first-order valence-electron chi connectivity index (χ1n) is 18.1. The van der Waals surface area contributed by atoms with E-state index in [9.17, 15) is 19.2 Å². The lowest BCUT2D eigenvalue weighted by Gasteiger charge is -2.36. The quantitative estimate of drug-likeness (QED) is 0.124. The summed E-state index contributed by atoms with van der Waals surface area (Å²) in [6.07, 6.45) is 10.2. The third kappa shape index (κ3) is 6.82. The van der Waals surface area contributed by atoms with Crippen molar-refractivity contribution in [2.24, 2.45) is 11.8 Å². The number of aromatic nitrogens is 2. The van der Waals surface area contributed by atoms with Crippen molar-refractivity contribution in [2.75, 3.05) is 43.1 Å². The van der Waals surface area contributed by atoms with Crippen molar-refractivity contribution in [1.29, 1.82) is 5.41 Å². The van der Waals surface area contributed by atoms with E-state index in [1.54, 1.807) is 24.4 Å². The Morgan fingerprint density at radius 1 is 0.980 bits per heavy atom. The molecule has 4 fully saturated rings. The molecule has 5 aliphatic rings. The van der Waals surface area contributed by atoms with Crippen LogP contribution < -0.4 is 20.9 Å². The lowest BCUT2D eigenvalue weighted by atomic mass is 9.77. The van der Waals surface area contributed by atoms with Gasteiger partial charge in [0, 0.05) is 66.9 Å². The number of rotatable bonds is 12. The highest BCUT2D eigenvalue weighted by Gasteiger charge is 2.44. The van der Waals surface area contributed by atoms with Crippen molar-refractivity contribution >= 4 is 57.3 Å². The molecule has 2 saturated carbocycles. The predicted molar refractivity (Wildman–Crippen MR) is 191 cm³/mol. The highest BCUT2D eigenvalue weighted by molar-refractivity contribution is 6.24. The molecule has 264 valence electrons. The summed E-state index contributed by atoms with van der Waals surface area (Å²) in [6, 6.07) is 10.7. The van der Waals surface area contributed by atoms with E-state index in [0.717, 1.165) is 110 Å². The molecule has 0 spiro atoms. The van der Waals surface area contributed by atoms with Gasteiger partial charge in [-0.3, -0.25) is 34.4 Å². The molecule has 1 atom stereocenters. The second-order valence-electron chi connectivity index (χ2n) is 14.3. The molecule has 3 aromatic rings. The molecule has 13 nitrogen and oxygen atoms in total. The molecule has 2 saturated heterocycles. The number of fused-ring (bicyclic) bond motifs is 2. The van der Waals surface area contributed by atoms with Crippen LogP contribution in [0.4, 0.5) is 11.4 Å². The number of carbonyl (C=O) groups is 4. The third-order valence-corrected chi connectivity index (χ3v) is 10.7. The zero-order valence-corrected chi connectivity index (χ0v) is 28.5. The van der Waals surface area contributed by atoms with Crippen LogP contribution in [0.3, 0.4) is 0 Å². The van der Waals surface area contributed by atoms with Crippen LogP contribution in [-0.4, -0.2) is 89.1 Å². The van der Waals surface area contributed by atoms with Gasteiger partial charge in [0.25, 0.3) is 11.8 Å². The van der Waals surface area contributed by atoms with E-state index >= 15 is 0 Å². The molecule has 4 N–H and O–H groups in total. The van der Waals surface area contributed by atoms with Crippen LogP contribution in [-0.2, 0) is 14.3 Å². The molecule has 2 aromatic carbocycles. The van der Waals surface area contributed by atoms with Crippen molar-refractivity contribution in [3.8, 4) is 0 Å². The van der Waals surface area contributed by atoms with Gasteiger partial charge in [0.05, 0.1) is 47.3 Å². The van der Waals surface area contributed by atoms with Gasteiger partial charge in [-0.15, -0.1) is 0 Å². The van der Waals surface area contributed by atoms with E-state index in [0.29, 0.717) is 17.7 Å². The summed E-state index contributed by atoms with van der Waals surface area (Å²) in [5, 5.41) is 18.1. The summed E-state index contributed by atoms with van der Waals surface area (Å²) >= 11 is 0. The highest BCUT2D eigenvalue weighted by Crippen LogP contribution is 2.36. The minimum atomic E-state index is -0.971. The number of hydrogen-bond donors (Lipinski definition) is 4. The van der Waals surface area contributed by atoms with Crippen molar-refractivity contribution < 1.29 is 23.9 Å². The predicted octanol–water partition coefficient (Wildman–Crippen LogP) is 3.90. The number of amides is 4. The fraction of sp³-hybridized carbons (Fsp3) is 0.447. The van der Waals surface area contributed by atoms with Crippen LogP contribution in [0.5, 0.6) is 0 Å². The lowest BCUT2D eigenvalue weighted by Crippen LogP contribution is -2.54. The van der Waals surface area contributed by atoms with E-state index in [1.165, 1.54) is 0 Å². The first-order valence-corrected chi connectivity index (χ1v) is 18.1. The van der Waals surface area contributed by atoms with Gasteiger partial charge in [0.2, 0.25) is 11.8 Å². The molecule has 3 aliphatic heterocycles. The summed E-state index contributed by atoms with van der Waals surface area (Å²) in [5.74, 6) is -1.13. The SMILES string of the molecule is N=C(/C(=C\NC1CC(CCCNc2ccc3c(c2)C(=O)N(C2CCC(=O)NC2=O)C3=O)C1)c1cnc2ccc(N3CCOCC3)cc2n1)C1CC1. The van der Waals surface area contributed by atoms with Crippen LogP contribution in [0.2, 0.25) is 0 Å². The first kappa shape index (κ1) is 33.0. The zero-order valence-electron chi connectivity index (χ0n) is 28.5. The van der Waals surface area contributed by atoms with Crippen LogP contribution in [0.15, 0.2) is 48.8 Å². The Balaban J connectivity index is 0.832. The van der Waals surface area contributed by atoms with Crippen molar-refractivity contribution in [3.05, 3.63) is 65.6 Å². The monoisotopic (exact) mass is 690 g/mol. The van der Waals surface area contributed by atoms with Gasteiger partial charge < -0.3 is 25.7 Å². The molecule has 0 radical (unpaired) electrons. The standard InChI is InChI=1S/C38H42N8O5/c39-35(23-3-4-23)29(32-21-42-30-8-6-26(19-31(30)43-32)45-12-14-51-15-13-45)20-41-25-16-22(17-25)2-1-11-40-24-5-7-27-28(18-24)38(50)46(37(27)49)33-9-10-34(47)44-36(33)48/h5-8,18-23,25,33,39-41H,1-4,9-17H2,(H,44,47,48)/b29-20-,39-35?. The van der Waals surface area contributed by atoms with Gasteiger partial charge in [-0.25, -0.2) is 4.98 Å². The molecule has 1 unspecified atom stereocenters. The number of hydrogen-bond acceptors (Lipinski definition) is 11. The average Bonchev–Trinajstić information content (AvgIpc) is 3.95. The molecule has 13 heteroatoms. The van der Waals surface area contributed by atoms with E-state index in [1.807, 2.05) is 12.3 Å². The van der Waals surface area contributed by atoms with E-state index in [-0.39, 0.29) is 29.9 Å². The minimum Gasteiger partial charge on any atom is -0.388 e. The second kappa shape index (κ2) is 13.9. The normalized spacial score (nSPS) is 23.6. The summed E-state index contributed by atoms with van der Waals surface area (Å²) in [5.41, 5.74) is 6.27. The van der Waals surface area contributed by atoms with Crippen LogP contribution in [0.1, 0.15) is 77.8 Å². The highest BCUT2D eigenvalue weighted by atomic mass is 16.5. The Kier molecular flexibility index (Phi) is 8.97.